The summed E-state index contributed by atoms with van der Waals surface area (Å²) in [6.07, 6.45) is 4.09. The van der Waals surface area contributed by atoms with Gasteiger partial charge in [-0.1, -0.05) is 0 Å². The molecule has 0 amide bonds. The molecule has 2 heterocycles. The predicted molar refractivity (Wildman–Crippen MR) is 75.8 cm³/mol. The highest BCUT2D eigenvalue weighted by Gasteiger charge is 2.30. The van der Waals surface area contributed by atoms with Crippen LogP contribution in [-0.2, 0) is 22.8 Å². The van der Waals surface area contributed by atoms with Crippen LogP contribution < -0.4 is 5.73 Å². The van der Waals surface area contributed by atoms with Crippen LogP contribution in [0, 0.1) is 12.8 Å². The molecule has 0 spiro atoms. The van der Waals surface area contributed by atoms with Crippen LogP contribution in [0.2, 0.25) is 0 Å². The molecule has 1 aromatic rings. The van der Waals surface area contributed by atoms with Crippen molar-refractivity contribution in [2.24, 2.45) is 11.7 Å². The molecule has 0 saturated carbocycles. The van der Waals surface area contributed by atoms with Crippen LogP contribution in [0.25, 0.3) is 0 Å². The van der Waals surface area contributed by atoms with E-state index in [1.165, 1.54) is 17.0 Å². The zero-order valence-electron chi connectivity index (χ0n) is 11.4. The van der Waals surface area contributed by atoms with Gasteiger partial charge in [-0.25, -0.2) is 8.42 Å². The number of aryl methyl sites for hydroxylation is 1. The molecule has 2 unspecified atom stereocenters. The Labute approximate surface area is 114 Å². The third-order valence-corrected chi connectivity index (χ3v) is 6.38. The first kappa shape index (κ1) is 13.2. The van der Waals surface area contributed by atoms with Gasteiger partial charge in [0.1, 0.15) is 0 Å². The molecule has 0 bridgehead atoms. The summed E-state index contributed by atoms with van der Waals surface area (Å²) in [5.74, 6) is 0.990. The third-order valence-electron chi connectivity index (χ3n) is 4.54. The molecule has 1 aromatic heterocycles. The Bertz CT molecular complexity index is 589. The van der Waals surface area contributed by atoms with Crippen LogP contribution in [0.1, 0.15) is 42.3 Å². The fraction of sp³-hybridized carbons (Fsp3) is 0.714. The largest absolute Gasteiger partial charge is 0.348 e. The first-order valence-corrected chi connectivity index (χ1v) is 8.93. The fourth-order valence-electron chi connectivity index (χ4n) is 3.53. The number of rotatable bonds is 2. The van der Waals surface area contributed by atoms with Crippen LogP contribution >= 0.6 is 0 Å². The molecule has 0 radical (unpaired) electrons. The molecule has 106 valence electrons. The highest BCUT2D eigenvalue weighted by atomic mass is 32.2. The summed E-state index contributed by atoms with van der Waals surface area (Å²) in [6, 6.07) is 2.36. The van der Waals surface area contributed by atoms with Crippen LogP contribution in [-0.4, -0.2) is 24.5 Å². The number of hydrogen-bond donors (Lipinski definition) is 1. The minimum atomic E-state index is -2.78. The average Bonchev–Trinajstić information content (AvgIpc) is 2.83. The molecule has 1 saturated heterocycles. The second-order valence-corrected chi connectivity index (χ2v) is 8.29. The number of aromatic nitrogens is 1. The van der Waals surface area contributed by atoms with Gasteiger partial charge in [0, 0.05) is 24.0 Å². The standard InChI is InChI=1S/C14H22N2O2S/c1-10-7-12-13(15)3-2-4-14(12)16(10)8-11-5-6-19(17,18)9-11/h7,11,13H,2-6,8-9,15H2,1H3. The van der Waals surface area contributed by atoms with E-state index in [1.54, 1.807) is 0 Å². The van der Waals surface area contributed by atoms with Gasteiger partial charge in [-0.2, -0.15) is 0 Å². The summed E-state index contributed by atoms with van der Waals surface area (Å²) in [5.41, 5.74) is 10.0. The van der Waals surface area contributed by atoms with Crippen molar-refractivity contribution in [2.45, 2.75) is 45.2 Å². The normalized spacial score (nSPS) is 29.4. The Morgan fingerprint density at radius 2 is 2.21 bits per heavy atom. The minimum Gasteiger partial charge on any atom is -0.348 e. The van der Waals surface area contributed by atoms with E-state index in [4.69, 9.17) is 5.73 Å². The van der Waals surface area contributed by atoms with Gasteiger partial charge in [0.05, 0.1) is 11.5 Å². The molecule has 1 aliphatic heterocycles. The second-order valence-electron chi connectivity index (χ2n) is 6.07. The molecule has 2 aliphatic rings. The molecule has 1 aliphatic carbocycles. The molecule has 5 heteroatoms. The van der Waals surface area contributed by atoms with Crippen LogP contribution in [0.5, 0.6) is 0 Å². The van der Waals surface area contributed by atoms with Gasteiger partial charge in [-0.05, 0) is 50.2 Å². The minimum absolute atomic E-state index is 0.163. The van der Waals surface area contributed by atoms with Crippen molar-refractivity contribution in [3.8, 4) is 0 Å². The monoisotopic (exact) mass is 282 g/mol. The zero-order chi connectivity index (χ0) is 13.6. The van der Waals surface area contributed by atoms with Crippen LogP contribution in [0.4, 0.5) is 0 Å². The lowest BCUT2D eigenvalue weighted by Crippen LogP contribution is -2.20. The molecular weight excluding hydrogens is 260 g/mol. The van der Waals surface area contributed by atoms with Crippen molar-refractivity contribution in [1.29, 1.82) is 0 Å². The predicted octanol–water partition coefficient (Wildman–Crippen LogP) is 1.57. The maximum absolute atomic E-state index is 11.6. The van der Waals surface area contributed by atoms with Crippen molar-refractivity contribution in [3.63, 3.8) is 0 Å². The Hall–Kier alpha value is -0.810. The van der Waals surface area contributed by atoms with E-state index in [0.717, 1.165) is 32.2 Å². The zero-order valence-corrected chi connectivity index (χ0v) is 12.2. The molecule has 4 nitrogen and oxygen atoms in total. The topological polar surface area (TPSA) is 65.1 Å². The van der Waals surface area contributed by atoms with Gasteiger partial charge >= 0.3 is 0 Å². The first-order valence-electron chi connectivity index (χ1n) is 7.11. The lowest BCUT2D eigenvalue weighted by molar-refractivity contribution is 0.459. The quantitative estimate of drug-likeness (QED) is 0.895. The van der Waals surface area contributed by atoms with Crippen LogP contribution in [0.3, 0.4) is 0 Å². The summed E-state index contributed by atoms with van der Waals surface area (Å²) in [6.45, 7) is 2.95. The van der Waals surface area contributed by atoms with Gasteiger partial charge in [0.2, 0.25) is 0 Å². The molecule has 0 aromatic carbocycles. The van der Waals surface area contributed by atoms with Gasteiger partial charge in [0.15, 0.2) is 9.84 Å². The van der Waals surface area contributed by atoms with Gasteiger partial charge < -0.3 is 10.3 Å². The number of sulfone groups is 1. The molecular formula is C14H22N2O2S. The van der Waals surface area contributed by atoms with E-state index in [1.807, 2.05) is 0 Å². The van der Waals surface area contributed by atoms with Crippen molar-refractivity contribution in [2.75, 3.05) is 11.5 Å². The SMILES string of the molecule is Cc1cc2c(n1CC1CCS(=O)(=O)C1)CCCC2N. The number of nitrogens with zero attached hydrogens (tertiary/aromatic N) is 1. The number of hydrogen-bond acceptors (Lipinski definition) is 3. The van der Waals surface area contributed by atoms with Gasteiger partial charge in [0.25, 0.3) is 0 Å². The maximum Gasteiger partial charge on any atom is 0.150 e. The molecule has 2 N–H and O–H groups in total. The Morgan fingerprint density at radius 3 is 2.89 bits per heavy atom. The molecule has 19 heavy (non-hydrogen) atoms. The summed E-state index contributed by atoms with van der Waals surface area (Å²) >= 11 is 0. The van der Waals surface area contributed by atoms with E-state index in [-0.39, 0.29) is 12.0 Å². The molecule has 1 fully saturated rings. The van der Waals surface area contributed by atoms with Crippen molar-refractivity contribution in [1.82, 2.24) is 4.57 Å². The van der Waals surface area contributed by atoms with Gasteiger partial charge in [-0.3, -0.25) is 0 Å². The van der Waals surface area contributed by atoms with E-state index < -0.39 is 9.84 Å². The summed E-state index contributed by atoms with van der Waals surface area (Å²) in [7, 11) is -2.78. The van der Waals surface area contributed by atoms with E-state index in [2.05, 4.69) is 17.6 Å². The summed E-state index contributed by atoms with van der Waals surface area (Å²) in [4.78, 5) is 0. The molecule has 2 atom stereocenters. The highest BCUT2D eigenvalue weighted by molar-refractivity contribution is 7.91. The number of fused-ring (bicyclic) bond motifs is 1. The van der Waals surface area contributed by atoms with Crippen molar-refractivity contribution in [3.05, 3.63) is 23.0 Å². The summed E-state index contributed by atoms with van der Waals surface area (Å²) < 4.78 is 25.5. The average molecular weight is 282 g/mol. The Kier molecular flexibility index (Phi) is 3.21. The number of nitrogens with two attached hydrogens (primary N) is 1. The Morgan fingerprint density at radius 1 is 1.42 bits per heavy atom. The lowest BCUT2D eigenvalue weighted by atomic mass is 9.93. The second kappa shape index (κ2) is 4.63. The summed E-state index contributed by atoms with van der Waals surface area (Å²) in [5, 5.41) is 0. The lowest BCUT2D eigenvalue weighted by Gasteiger charge is -2.22. The third kappa shape index (κ3) is 2.46. The fourth-order valence-corrected chi connectivity index (χ4v) is 5.38. The van der Waals surface area contributed by atoms with E-state index in [9.17, 15) is 8.42 Å². The molecule has 3 rings (SSSR count). The van der Waals surface area contributed by atoms with E-state index in [0.29, 0.717) is 11.5 Å². The van der Waals surface area contributed by atoms with Crippen LogP contribution in [0.15, 0.2) is 6.07 Å². The Balaban J connectivity index is 1.86. The first-order chi connectivity index (χ1) is 8.96. The highest BCUT2D eigenvalue weighted by Crippen LogP contribution is 2.32. The van der Waals surface area contributed by atoms with Gasteiger partial charge in [-0.15, -0.1) is 0 Å². The van der Waals surface area contributed by atoms with Crippen molar-refractivity contribution < 1.29 is 8.42 Å². The van der Waals surface area contributed by atoms with Crippen molar-refractivity contribution >= 4 is 9.84 Å². The maximum atomic E-state index is 11.6. The van der Waals surface area contributed by atoms with E-state index >= 15 is 0 Å². The smallest absolute Gasteiger partial charge is 0.150 e.